The van der Waals surface area contributed by atoms with Gasteiger partial charge in [-0.2, -0.15) is 5.10 Å². The highest BCUT2D eigenvalue weighted by molar-refractivity contribution is 5.94. The molecule has 0 radical (unpaired) electrons. The second kappa shape index (κ2) is 8.62. The van der Waals surface area contributed by atoms with E-state index in [0.29, 0.717) is 17.0 Å². The Hall–Kier alpha value is -3.67. The summed E-state index contributed by atoms with van der Waals surface area (Å²) in [4.78, 5) is 11.2. The molecule has 136 valence electrons. The average molecular weight is 364 g/mol. The van der Waals surface area contributed by atoms with Gasteiger partial charge in [-0.05, 0) is 35.9 Å². The molecule has 0 spiro atoms. The lowest BCUT2D eigenvalue weighted by Crippen LogP contribution is -2.02. The summed E-state index contributed by atoms with van der Waals surface area (Å²) >= 11 is 0. The van der Waals surface area contributed by atoms with Gasteiger partial charge in [-0.3, -0.25) is 5.43 Å². The minimum atomic E-state index is -1.03. The Bertz CT molecular complexity index is 973. The number of rotatable bonds is 7. The van der Waals surface area contributed by atoms with E-state index in [2.05, 4.69) is 10.5 Å². The number of benzene rings is 3. The Kier molecular flexibility index (Phi) is 5.79. The maximum atomic E-state index is 13.6. The summed E-state index contributed by atoms with van der Waals surface area (Å²) in [5.41, 5.74) is 4.49. The number of carbonyl (C=O) groups is 1. The van der Waals surface area contributed by atoms with Crippen LogP contribution in [0.2, 0.25) is 0 Å². The fraction of sp³-hybridized carbons (Fsp3) is 0.0476. The van der Waals surface area contributed by atoms with Crippen LogP contribution in [0, 0.1) is 5.82 Å². The largest absolute Gasteiger partial charge is 0.489 e. The van der Waals surface area contributed by atoms with Crippen molar-refractivity contribution in [3.63, 3.8) is 0 Å². The molecule has 0 atom stereocenters. The lowest BCUT2D eigenvalue weighted by Gasteiger charge is -2.08. The third-order valence-corrected chi connectivity index (χ3v) is 3.77. The molecule has 0 aliphatic carbocycles. The molecule has 0 amide bonds. The smallest absolute Gasteiger partial charge is 0.337 e. The molecule has 3 rings (SSSR count). The number of nitrogens with one attached hydrogen (secondary N) is 1. The number of hydrogen-bond donors (Lipinski definition) is 2. The first kappa shape index (κ1) is 18.1. The molecule has 0 saturated heterocycles. The van der Waals surface area contributed by atoms with E-state index < -0.39 is 5.97 Å². The summed E-state index contributed by atoms with van der Waals surface area (Å²) in [6.45, 7) is 0.123. The zero-order valence-corrected chi connectivity index (χ0v) is 14.3. The van der Waals surface area contributed by atoms with Gasteiger partial charge in [-0.1, -0.05) is 42.5 Å². The van der Waals surface area contributed by atoms with E-state index >= 15 is 0 Å². The molecule has 5 nitrogen and oxygen atoms in total. The van der Waals surface area contributed by atoms with Gasteiger partial charge in [0.15, 0.2) is 0 Å². The van der Waals surface area contributed by atoms with Crippen molar-refractivity contribution in [2.45, 2.75) is 6.61 Å². The monoisotopic (exact) mass is 364 g/mol. The Balaban J connectivity index is 1.65. The number of hydrazone groups is 1. The van der Waals surface area contributed by atoms with Crippen molar-refractivity contribution in [3.8, 4) is 5.75 Å². The van der Waals surface area contributed by atoms with Crippen LogP contribution in [0.25, 0.3) is 0 Å². The third-order valence-electron chi connectivity index (χ3n) is 3.77. The maximum Gasteiger partial charge on any atom is 0.337 e. The Morgan fingerprint density at radius 1 is 1.07 bits per heavy atom. The molecule has 3 aromatic carbocycles. The predicted molar refractivity (Wildman–Crippen MR) is 102 cm³/mol. The van der Waals surface area contributed by atoms with Gasteiger partial charge < -0.3 is 9.84 Å². The molecule has 2 N–H and O–H groups in total. The maximum absolute atomic E-state index is 13.6. The van der Waals surface area contributed by atoms with Crippen LogP contribution in [0.4, 0.5) is 10.1 Å². The number of anilines is 1. The van der Waals surface area contributed by atoms with Crippen LogP contribution < -0.4 is 10.2 Å². The van der Waals surface area contributed by atoms with Gasteiger partial charge in [0, 0.05) is 5.56 Å². The minimum Gasteiger partial charge on any atom is -0.489 e. The molecule has 0 aliphatic rings. The summed E-state index contributed by atoms with van der Waals surface area (Å²) in [5.74, 6) is -0.763. The van der Waals surface area contributed by atoms with Crippen molar-refractivity contribution in [3.05, 3.63) is 95.3 Å². The molecule has 0 unspecified atom stereocenters. The number of carboxylic acid groups (broad SMARTS) is 1. The highest BCUT2D eigenvalue weighted by atomic mass is 19.1. The van der Waals surface area contributed by atoms with E-state index in [1.165, 1.54) is 12.1 Å². The lowest BCUT2D eigenvalue weighted by atomic mass is 10.2. The fourth-order valence-corrected chi connectivity index (χ4v) is 2.40. The van der Waals surface area contributed by atoms with Crippen LogP contribution in [0.5, 0.6) is 5.75 Å². The van der Waals surface area contributed by atoms with Gasteiger partial charge in [0.2, 0.25) is 0 Å². The van der Waals surface area contributed by atoms with Crippen LogP contribution in [0.1, 0.15) is 21.5 Å². The molecule has 0 fully saturated rings. The number of nitrogens with zero attached hydrogens (tertiary/aromatic N) is 1. The quantitative estimate of drug-likeness (QED) is 0.477. The van der Waals surface area contributed by atoms with Crippen LogP contribution in [-0.2, 0) is 6.61 Å². The van der Waals surface area contributed by atoms with Crippen LogP contribution in [0.15, 0.2) is 77.9 Å². The molecular weight excluding hydrogens is 347 g/mol. The van der Waals surface area contributed by atoms with Crippen LogP contribution in [0.3, 0.4) is 0 Å². The summed E-state index contributed by atoms with van der Waals surface area (Å²) in [7, 11) is 0. The SMILES string of the molecule is O=C(O)c1ccccc1N/N=C/c1cccc(OCc2ccccc2F)c1. The second-order valence-electron chi connectivity index (χ2n) is 5.67. The fourth-order valence-electron chi connectivity index (χ4n) is 2.40. The van der Waals surface area contributed by atoms with Crippen LogP contribution >= 0.6 is 0 Å². The zero-order valence-electron chi connectivity index (χ0n) is 14.3. The average Bonchev–Trinajstić information content (AvgIpc) is 2.68. The molecule has 27 heavy (non-hydrogen) atoms. The van der Waals surface area contributed by atoms with E-state index in [0.717, 1.165) is 5.56 Å². The number of aromatic carboxylic acids is 1. The van der Waals surface area contributed by atoms with Crippen molar-refractivity contribution in [1.82, 2.24) is 0 Å². The Labute approximate surface area is 155 Å². The summed E-state index contributed by atoms with van der Waals surface area (Å²) in [6.07, 6.45) is 1.55. The first-order chi connectivity index (χ1) is 13.1. The van der Waals surface area contributed by atoms with Crippen molar-refractivity contribution in [1.29, 1.82) is 0 Å². The predicted octanol–water partition coefficient (Wildman–Crippen LogP) is 4.55. The van der Waals surface area contributed by atoms with Gasteiger partial charge >= 0.3 is 5.97 Å². The first-order valence-corrected chi connectivity index (χ1v) is 8.21. The van der Waals surface area contributed by atoms with Gasteiger partial charge in [-0.15, -0.1) is 0 Å². The third kappa shape index (κ3) is 4.92. The van der Waals surface area contributed by atoms with Crippen molar-refractivity contribution >= 4 is 17.9 Å². The molecular formula is C21H17FN2O3. The molecule has 0 heterocycles. The van der Waals surface area contributed by atoms with Crippen molar-refractivity contribution in [2.24, 2.45) is 5.10 Å². The zero-order chi connectivity index (χ0) is 19.1. The van der Waals surface area contributed by atoms with Gasteiger partial charge in [0.25, 0.3) is 0 Å². The number of hydrogen-bond acceptors (Lipinski definition) is 4. The summed E-state index contributed by atoms with van der Waals surface area (Å²) in [6, 6.07) is 20.1. The number of carboxylic acids is 1. The van der Waals surface area contributed by atoms with Gasteiger partial charge in [0.1, 0.15) is 18.2 Å². The van der Waals surface area contributed by atoms with E-state index in [1.807, 2.05) is 6.07 Å². The molecule has 0 aliphatic heterocycles. The lowest BCUT2D eigenvalue weighted by molar-refractivity contribution is 0.0698. The van der Waals surface area contributed by atoms with Crippen molar-refractivity contribution < 1.29 is 19.0 Å². The van der Waals surface area contributed by atoms with Gasteiger partial charge in [-0.25, -0.2) is 9.18 Å². The summed E-state index contributed by atoms with van der Waals surface area (Å²) in [5, 5.41) is 13.2. The summed E-state index contributed by atoms with van der Waals surface area (Å²) < 4.78 is 19.3. The highest BCUT2D eigenvalue weighted by Crippen LogP contribution is 2.17. The Morgan fingerprint density at radius 3 is 2.67 bits per heavy atom. The minimum absolute atomic E-state index is 0.123. The van der Waals surface area contributed by atoms with Crippen molar-refractivity contribution in [2.75, 3.05) is 5.43 Å². The first-order valence-electron chi connectivity index (χ1n) is 8.21. The number of ether oxygens (including phenoxy) is 1. The van der Waals surface area contributed by atoms with E-state index in [-0.39, 0.29) is 18.0 Å². The number of para-hydroxylation sites is 1. The molecule has 6 heteroatoms. The molecule has 0 saturated carbocycles. The standard InChI is InChI=1S/C21H17FN2O3/c22-19-10-3-1-7-16(19)14-27-17-8-5-6-15(12-17)13-23-24-20-11-4-2-9-18(20)21(25)26/h1-13,24H,14H2,(H,25,26)/b23-13+. The topological polar surface area (TPSA) is 70.9 Å². The molecule has 3 aromatic rings. The second-order valence-corrected chi connectivity index (χ2v) is 5.67. The highest BCUT2D eigenvalue weighted by Gasteiger charge is 2.07. The van der Waals surface area contributed by atoms with E-state index in [1.54, 1.807) is 60.8 Å². The molecule has 0 bridgehead atoms. The van der Waals surface area contributed by atoms with Crippen LogP contribution in [-0.4, -0.2) is 17.3 Å². The normalized spacial score (nSPS) is 10.7. The number of halogens is 1. The van der Waals surface area contributed by atoms with E-state index in [4.69, 9.17) is 9.84 Å². The van der Waals surface area contributed by atoms with E-state index in [9.17, 15) is 9.18 Å². The Morgan fingerprint density at radius 2 is 1.85 bits per heavy atom. The molecule has 0 aromatic heterocycles. The van der Waals surface area contributed by atoms with Gasteiger partial charge in [0.05, 0.1) is 17.5 Å².